The standard InChI is InChI=1S/C19H20N2O2/c1-15(20-13-6-2-3-7-14-21-19(22)23)17-12-8-10-16-9-4-5-11-18(16)17/h2,4-6,8-12,15,20-21H,13-14H2,1H3,(H,22,23)/b6-2+. The van der Waals surface area contributed by atoms with Gasteiger partial charge in [-0.3, -0.25) is 0 Å². The maximum Gasteiger partial charge on any atom is 0.405 e. The number of hydrogen-bond donors (Lipinski definition) is 3. The predicted octanol–water partition coefficient (Wildman–Crippen LogP) is 3.32. The van der Waals surface area contributed by atoms with Crippen molar-refractivity contribution in [3.05, 3.63) is 60.2 Å². The molecule has 0 aromatic heterocycles. The van der Waals surface area contributed by atoms with E-state index < -0.39 is 6.09 Å². The zero-order valence-electron chi connectivity index (χ0n) is 13.0. The summed E-state index contributed by atoms with van der Waals surface area (Å²) in [6.45, 7) is 2.98. The van der Waals surface area contributed by atoms with Crippen LogP contribution < -0.4 is 10.6 Å². The fourth-order valence-electron chi connectivity index (χ4n) is 2.33. The van der Waals surface area contributed by atoms with E-state index in [0.29, 0.717) is 6.54 Å². The molecule has 4 heteroatoms. The van der Waals surface area contributed by atoms with Gasteiger partial charge in [-0.1, -0.05) is 60.4 Å². The fourth-order valence-corrected chi connectivity index (χ4v) is 2.33. The molecule has 118 valence electrons. The molecule has 1 amide bonds. The van der Waals surface area contributed by atoms with Gasteiger partial charge in [-0.05, 0) is 29.3 Å². The van der Waals surface area contributed by atoms with Gasteiger partial charge in [0, 0.05) is 12.6 Å². The molecule has 0 fully saturated rings. The van der Waals surface area contributed by atoms with Gasteiger partial charge in [0.25, 0.3) is 0 Å². The van der Waals surface area contributed by atoms with Gasteiger partial charge in [0.15, 0.2) is 0 Å². The van der Waals surface area contributed by atoms with Gasteiger partial charge in [-0.15, -0.1) is 0 Å². The second-order valence-electron chi connectivity index (χ2n) is 5.08. The Hall–Kier alpha value is -2.77. The van der Waals surface area contributed by atoms with Crippen molar-refractivity contribution in [2.24, 2.45) is 0 Å². The molecule has 1 atom stereocenters. The van der Waals surface area contributed by atoms with Crippen molar-refractivity contribution in [2.75, 3.05) is 13.1 Å². The molecule has 0 aliphatic rings. The molecule has 0 saturated heterocycles. The molecule has 23 heavy (non-hydrogen) atoms. The molecule has 0 heterocycles. The second-order valence-corrected chi connectivity index (χ2v) is 5.08. The fraction of sp³-hybridized carbons (Fsp3) is 0.211. The van der Waals surface area contributed by atoms with Gasteiger partial charge in [0.2, 0.25) is 0 Å². The minimum atomic E-state index is -1.06. The summed E-state index contributed by atoms with van der Waals surface area (Å²) in [6.07, 6.45) is 2.59. The number of benzene rings is 2. The van der Waals surface area contributed by atoms with E-state index >= 15 is 0 Å². The monoisotopic (exact) mass is 308 g/mol. The van der Waals surface area contributed by atoms with Crippen LogP contribution in [-0.2, 0) is 0 Å². The third kappa shape index (κ3) is 5.17. The molecular formula is C19H20N2O2. The first-order valence-electron chi connectivity index (χ1n) is 7.49. The topological polar surface area (TPSA) is 61.4 Å². The first-order chi connectivity index (χ1) is 11.2. The first kappa shape index (κ1) is 16.6. The molecular weight excluding hydrogens is 288 g/mol. The van der Waals surface area contributed by atoms with Crippen LogP contribution >= 0.6 is 0 Å². The molecule has 0 radical (unpaired) electrons. The molecule has 3 N–H and O–H groups in total. The average Bonchev–Trinajstić information content (AvgIpc) is 2.56. The van der Waals surface area contributed by atoms with Crippen LogP contribution in [0.5, 0.6) is 0 Å². The van der Waals surface area contributed by atoms with Crippen LogP contribution in [0.2, 0.25) is 0 Å². The summed E-state index contributed by atoms with van der Waals surface area (Å²) in [5.74, 6) is 5.49. The summed E-state index contributed by atoms with van der Waals surface area (Å²) in [5, 5.41) is 16.5. The number of carbonyl (C=O) groups is 1. The summed E-state index contributed by atoms with van der Waals surface area (Å²) in [6, 6.07) is 14.9. The average molecular weight is 308 g/mol. The smallest absolute Gasteiger partial charge is 0.405 e. The molecule has 2 aromatic carbocycles. The number of amides is 1. The minimum absolute atomic E-state index is 0.138. The van der Waals surface area contributed by atoms with Gasteiger partial charge in [-0.25, -0.2) is 4.79 Å². The summed E-state index contributed by atoms with van der Waals surface area (Å²) in [4.78, 5) is 10.2. The highest BCUT2D eigenvalue weighted by atomic mass is 16.4. The summed E-state index contributed by atoms with van der Waals surface area (Å²) in [7, 11) is 0. The third-order valence-electron chi connectivity index (χ3n) is 3.46. The molecule has 0 aliphatic carbocycles. The number of allylic oxidation sites excluding steroid dienone is 1. The molecule has 0 saturated carbocycles. The highest BCUT2D eigenvalue weighted by Gasteiger charge is 2.07. The van der Waals surface area contributed by atoms with Crippen molar-refractivity contribution >= 4 is 16.9 Å². The predicted molar refractivity (Wildman–Crippen MR) is 93.3 cm³/mol. The maximum absolute atomic E-state index is 10.2. The van der Waals surface area contributed by atoms with E-state index in [4.69, 9.17) is 5.11 Å². The van der Waals surface area contributed by atoms with Gasteiger partial charge >= 0.3 is 6.09 Å². The molecule has 2 rings (SSSR count). The lowest BCUT2D eigenvalue weighted by atomic mass is 10.00. The Labute approximate surface area is 136 Å². The highest BCUT2D eigenvalue weighted by molar-refractivity contribution is 5.86. The van der Waals surface area contributed by atoms with Gasteiger partial charge in [0.1, 0.15) is 0 Å². The van der Waals surface area contributed by atoms with Crippen molar-refractivity contribution in [3.8, 4) is 11.8 Å². The Morgan fingerprint density at radius 1 is 1.26 bits per heavy atom. The number of rotatable bonds is 5. The van der Waals surface area contributed by atoms with Crippen molar-refractivity contribution < 1.29 is 9.90 Å². The van der Waals surface area contributed by atoms with E-state index in [1.54, 1.807) is 6.08 Å². The zero-order valence-corrected chi connectivity index (χ0v) is 13.0. The highest BCUT2D eigenvalue weighted by Crippen LogP contribution is 2.23. The summed E-state index contributed by atoms with van der Waals surface area (Å²) >= 11 is 0. The van der Waals surface area contributed by atoms with Crippen molar-refractivity contribution in [2.45, 2.75) is 13.0 Å². The Morgan fingerprint density at radius 2 is 2.04 bits per heavy atom. The molecule has 0 spiro atoms. The van der Waals surface area contributed by atoms with E-state index in [0.717, 1.165) is 0 Å². The van der Waals surface area contributed by atoms with E-state index in [1.807, 2.05) is 12.1 Å². The number of fused-ring (bicyclic) bond motifs is 1. The SMILES string of the molecule is CC(NC/C=C/C#CCNC(=O)O)c1cccc2ccccc12. The van der Waals surface area contributed by atoms with Crippen LogP contribution in [0.1, 0.15) is 18.5 Å². The van der Waals surface area contributed by atoms with Gasteiger partial charge in [-0.2, -0.15) is 0 Å². The Bertz CT molecular complexity index is 751. The molecule has 2 aromatic rings. The van der Waals surface area contributed by atoms with Crippen LogP contribution in [0, 0.1) is 11.8 Å². The quantitative estimate of drug-likeness (QED) is 0.743. The van der Waals surface area contributed by atoms with Crippen LogP contribution in [0.3, 0.4) is 0 Å². The van der Waals surface area contributed by atoms with Gasteiger partial charge < -0.3 is 15.7 Å². The first-order valence-corrected chi connectivity index (χ1v) is 7.49. The van der Waals surface area contributed by atoms with Crippen LogP contribution in [0.15, 0.2) is 54.6 Å². The summed E-state index contributed by atoms with van der Waals surface area (Å²) in [5.41, 5.74) is 1.27. The lowest BCUT2D eigenvalue weighted by molar-refractivity contribution is 0.196. The molecule has 0 aliphatic heterocycles. The Kier molecular flexibility index (Phi) is 6.22. The second kappa shape index (κ2) is 8.62. The number of carboxylic acid groups (broad SMARTS) is 1. The van der Waals surface area contributed by atoms with E-state index in [1.165, 1.54) is 16.3 Å². The zero-order chi connectivity index (χ0) is 16.5. The Morgan fingerprint density at radius 3 is 2.87 bits per heavy atom. The van der Waals surface area contributed by atoms with E-state index in [2.05, 4.69) is 65.8 Å². The molecule has 4 nitrogen and oxygen atoms in total. The number of hydrogen-bond acceptors (Lipinski definition) is 2. The van der Waals surface area contributed by atoms with Crippen LogP contribution in [0.25, 0.3) is 10.8 Å². The lowest BCUT2D eigenvalue weighted by Gasteiger charge is -2.15. The molecule has 1 unspecified atom stereocenters. The lowest BCUT2D eigenvalue weighted by Crippen LogP contribution is -2.20. The van der Waals surface area contributed by atoms with Crippen LogP contribution in [0.4, 0.5) is 4.79 Å². The van der Waals surface area contributed by atoms with Crippen molar-refractivity contribution in [1.29, 1.82) is 0 Å². The normalized spacial score (nSPS) is 11.9. The third-order valence-corrected chi connectivity index (χ3v) is 3.46. The van der Waals surface area contributed by atoms with E-state index in [9.17, 15) is 4.79 Å². The summed E-state index contributed by atoms with van der Waals surface area (Å²) < 4.78 is 0. The van der Waals surface area contributed by atoms with Crippen molar-refractivity contribution in [3.63, 3.8) is 0 Å². The number of nitrogens with one attached hydrogen (secondary N) is 2. The minimum Gasteiger partial charge on any atom is -0.465 e. The van der Waals surface area contributed by atoms with E-state index in [-0.39, 0.29) is 12.6 Å². The van der Waals surface area contributed by atoms with Crippen molar-refractivity contribution in [1.82, 2.24) is 10.6 Å². The maximum atomic E-state index is 10.2. The Balaban J connectivity index is 1.87. The van der Waals surface area contributed by atoms with Gasteiger partial charge in [0.05, 0.1) is 6.54 Å². The largest absolute Gasteiger partial charge is 0.465 e. The molecule has 0 bridgehead atoms. The van der Waals surface area contributed by atoms with Crippen LogP contribution in [-0.4, -0.2) is 24.3 Å².